The van der Waals surface area contributed by atoms with Crippen LogP contribution in [0.4, 0.5) is 0 Å². The van der Waals surface area contributed by atoms with Crippen LogP contribution in [-0.4, -0.2) is 25.7 Å². The number of guanidine groups is 1. The van der Waals surface area contributed by atoms with E-state index in [1.165, 1.54) is 29.2 Å². The summed E-state index contributed by atoms with van der Waals surface area (Å²) in [6.45, 7) is 3.66. The largest absolute Gasteiger partial charge is 0.497 e. The highest BCUT2D eigenvalue weighted by Gasteiger charge is 2.21. The molecule has 4 nitrogen and oxygen atoms in total. The van der Waals surface area contributed by atoms with E-state index < -0.39 is 0 Å². The molecule has 0 heterocycles. The summed E-state index contributed by atoms with van der Waals surface area (Å²) >= 11 is 0. The summed E-state index contributed by atoms with van der Waals surface area (Å²) in [7, 11) is 1.69. The third kappa shape index (κ3) is 3.70. The number of nitrogens with zero attached hydrogens (tertiary/aromatic N) is 1. The molecule has 0 aliphatic heterocycles. The molecule has 0 saturated heterocycles. The average molecular weight is 297 g/mol. The number of hydrogen-bond donors (Lipinski definition) is 2. The van der Waals surface area contributed by atoms with Gasteiger partial charge in [0.25, 0.3) is 0 Å². The van der Waals surface area contributed by atoms with Crippen molar-refractivity contribution in [2.75, 3.05) is 13.7 Å². The second kappa shape index (κ2) is 6.69. The molecule has 2 aromatic carbocycles. The summed E-state index contributed by atoms with van der Waals surface area (Å²) in [5.41, 5.74) is 1.21. The third-order valence-corrected chi connectivity index (χ3v) is 3.79. The van der Waals surface area contributed by atoms with Crippen LogP contribution in [0.15, 0.2) is 41.4 Å². The van der Waals surface area contributed by atoms with Crippen LogP contribution in [0.25, 0.3) is 10.8 Å². The maximum Gasteiger partial charge on any atom is 0.191 e. The van der Waals surface area contributed by atoms with Gasteiger partial charge in [-0.1, -0.05) is 18.2 Å². The van der Waals surface area contributed by atoms with E-state index in [2.05, 4.69) is 52.9 Å². The van der Waals surface area contributed by atoms with Gasteiger partial charge >= 0.3 is 0 Å². The topological polar surface area (TPSA) is 45.7 Å². The van der Waals surface area contributed by atoms with Gasteiger partial charge in [0.05, 0.1) is 13.7 Å². The van der Waals surface area contributed by atoms with Gasteiger partial charge in [0, 0.05) is 12.6 Å². The van der Waals surface area contributed by atoms with Crippen LogP contribution in [0.5, 0.6) is 5.75 Å². The Morgan fingerprint density at radius 3 is 2.68 bits per heavy atom. The quantitative estimate of drug-likeness (QED) is 0.658. The zero-order valence-corrected chi connectivity index (χ0v) is 13.2. The molecule has 3 rings (SSSR count). The lowest BCUT2D eigenvalue weighted by molar-refractivity contribution is 0.415. The van der Waals surface area contributed by atoms with Gasteiger partial charge in [-0.3, -0.25) is 0 Å². The Hall–Kier alpha value is -2.23. The Bertz CT molecular complexity index is 677. The van der Waals surface area contributed by atoms with Gasteiger partial charge in [0.1, 0.15) is 5.75 Å². The van der Waals surface area contributed by atoms with Crippen molar-refractivity contribution >= 4 is 16.7 Å². The fraction of sp³-hybridized carbons (Fsp3) is 0.389. The van der Waals surface area contributed by atoms with Crippen molar-refractivity contribution in [3.05, 3.63) is 42.0 Å². The van der Waals surface area contributed by atoms with Crippen LogP contribution in [0.1, 0.15) is 25.3 Å². The van der Waals surface area contributed by atoms with Crippen LogP contribution >= 0.6 is 0 Å². The molecule has 2 aromatic rings. The SMILES string of the molecule is CCNC(=NCc1ccc2cc(OC)ccc2c1)NC1CC1. The lowest BCUT2D eigenvalue weighted by Crippen LogP contribution is -2.38. The fourth-order valence-corrected chi connectivity index (χ4v) is 2.41. The molecule has 0 atom stereocenters. The molecule has 0 spiro atoms. The average Bonchev–Trinajstić information content (AvgIpc) is 3.36. The number of ether oxygens (including phenoxy) is 1. The van der Waals surface area contributed by atoms with E-state index in [0.717, 1.165) is 18.3 Å². The van der Waals surface area contributed by atoms with Crippen LogP contribution in [-0.2, 0) is 6.54 Å². The van der Waals surface area contributed by atoms with Crippen molar-refractivity contribution in [2.24, 2.45) is 4.99 Å². The molecule has 1 fully saturated rings. The fourth-order valence-electron chi connectivity index (χ4n) is 2.41. The Labute approximate surface area is 131 Å². The van der Waals surface area contributed by atoms with E-state index in [0.29, 0.717) is 12.6 Å². The smallest absolute Gasteiger partial charge is 0.191 e. The number of benzene rings is 2. The first-order valence-corrected chi connectivity index (χ1v) is 7.90. The maximum absolute atomic E-state index is 5.26. The Morgan fingerprint density at radius 2 is 1.95 bits per heavy atom. The predicted octanol–water partition coefficient (Wildman–Crippen LogP) is 3.07. The normalized spacial score (nSPS) is 14.9. The van der Waals surface area contributed by atoms with Crippen LogP contribution < -0.4 is 15.4 Å². The standard InChI is InChI=1S/C18H23N3O/c1-3-19-18(21-16-7-8-16)20-12-13-4-5-15-11-17(22-2)9-6-14(15)10-13/h4-6,9-11,16H,3,7-8,12H2,1-2H3,(H2,19,20,21). The zero-order valence-electron chi connectivity index (χ0n) is 13.2. The lowest BCUT2D eigenvalue weighted by atomic mass is 10.1. The zero-order chi connectivity index (χ0) is 15.4. The minimum Gasteiger partial charge on any atom is -0.497 e. The van der Waals surface area contributed by atoms with Gasteiger partial charge in [-0.15, -0.1) is 0 Å². The molecule has 22 heavy (non-hydrogen) atoms. The molecule has 0 aromatic heterocycles. The van der Waals surface area contributed by atoms with Gasteiger partial charge in [0.15, 0.2) is 5.96 Å². The Kier molecular flexibility index (Phi) is 4.47. The highest BCUT2D eigenvalue weighted by molar-refractivity contribution is 5.84. The van der Waals surface area contributed by atoms with Gasteiger partial charge in [-0.05, 0) is 54.3 Å². The van der Waals surface area contributed by atoms with Crippen molar-refractivity contribution in [1.82, 2.24) is 10.6 Å². The number of nitrogens with one attached hydrogen (secondary N) is 2. The molecule has 0 bridgehead atoms. The summed E-state index contributed by atoms with van der Waals surface area (Å²) in [4.78, 5) is 4.67. The van der Waals surface area contributed by atoms with Gasteiger partial charge < -0.3 is 15.4 Å². The molecule has 1 saturated carbocycles. The molecular weight excluding hydrogens is 274 g/mol. The summed E-state index contributed by atoms with van der Waals surface area (Å²) in [5, 5.41) is 9.14. The second-order valence-electron chi connectivity index (χ2n) is 5.66. The number of fused-ring (bicyclic) bond motifs is 1. The summed E-state index contributed by atoms with van der Waals surface area (Å²) in [6, 6.07) is 13.2. The first-order chi connectivity index (χ1) is 10.8. The number of aliphatic imine (C=N–C) groups is 1. The third-order valence-electron chi connectivity index (χ3n) is 3.79. The van der Waals surface area contributed by atoms with E-state index in [1.807, 2.05) is 6.07 Å². The monoisotopic (exact) mass is 297 g/mol. The van der Waals surface area contributed by atoms with Gasteiger partial charge in [-0.2, -0.15) is 0 Å². The van der Waals surface area contributed by atoms with Crippen LogP contribution in [0.2, 0.25) is 0 Å². The van der Waals surface area contributed by atoms with Gasteiger partial charge in [0.2, 0.25) is 0 Å². The second-order valence-corrected chi connectivity index (χ2v) is 5.66. The van der Waals surface area contributed by atoms with Gasteiger partial charge in [-0.25, -0.2) is 4.99 Å². The Morgan fingerprint density at radius 1 is 1.18 bits per heavy atom. The highest BCUT2D eigenvalue weighted by Crippen LogP contribution is 2.22. The molecule has 2 N–H and O–H groups in total. The maximum atomic E-state index is 5.26. The molecule has 0 radical (unpaired) electrons. The molecule has 0 unspecified atom stereocenters. The van der Waals surface area contributed by atoms with Crippen molar-refractivity contribution in [1.29, 1.82) is 0 Å². The molecule has 0 amide bonds. The minimum atomic E-state index is 0.613. The minimum absolute atomic E-state index is 0.613. The van der Waals surface area contributed by atoms with Crippen molar-refractivity contribution < 1.29 is 4.74 Å². The molecule has 1 aliphatic rings. The van der Waals surface area contributed by atoms with Crippen LogP contribution in [0, 0.1) is 0 Å². The number of hydrogen-bond acceptors (Lipinski definition) is 2. The summed E-state index contributed by atoms with van der Waals surface area (Å²) in [5.74, 6) is 1.81. The first kappa shape index (κ1) is 14.7. The van der Waals surface area contributed by atoms with E-state index in [4.69, 9.17) is 4.74 Å². The van der Waals surface area contributed by atoms with Crippen molar-refractivity contribution in [3.63, 3.8) is 0 Å². The molecule has 4 heteroatoms. The summed E-state index contributed by atoms with van der Waals surface area (Å²) < 4.78 is 5.26. The first-order valence-electron chi connectivity index (χ1n) is 7.90. The molecule has 1 aliphatic carbocycles. The predicted molar refractivity (Wildman–Crippen MR) is 91.5 cm³/mol. The molecule has 116 valence electrons. The van der Waals surface area contributed by atoms with Crippen molar-refractivity contribution in [2.45, 2.75) is 32.4 Å². The van der Waals surface area contributed by atoms with E-state index in [9.17, 15) is 0 Å². The lowest BCUT2D eigenvalue weighted by Gasteiger charge is -2.10. The highest BCUT2D eigenvalue weighted by atomic mass is 16.5. The summed E-state index contributed by atoms with van der Waals surface area (Å²) in [6.07, 6.45) is 2.50. The van der Waals surface area contributed by atoms with E-state index >= 15 is 0 Å². The van der Waals surface area contributed by atoms with E-state index in [1.54, 1.807) is 7.11 Å². The number of methoxy groups -OCH3 is 1. The number of rotatable bonds is 5. The van der Waals surface area contributed by atoms with E-state index in [-0.39, 0.29) is 0 Å². The van der Waals surface area contributed by atoms with Crippen molar-refractivity contribution in [3.8, 4) is 5.75 Å². The molecular formula is C18H23N3O. The Balaban J connectivity index is 1.74. The van der Waals surface area contributed by atoms with Crippen LogP contribution in [0.3, 0.4) is 0 Å².